The lowest BCUT2D eigenvalue weighted by molar-refractivity contribution is -0.111. The number of anilines is 1. The highest BCUT2D eigenvalue weighted by Gasteiger charge is 2.19. The Morgan fingerprint density at radius 3 is 2.73 bits per heavy atom. The molecule has 0 aliphatic carbocycles. The molecule has 0 radical (unpaired) electrons. The number of nitrogen functional groups attached to an aromatic ring is 1. The standard InChI is InChI=1S/C15H20ClN3O3/c1-10(12(8-20)3-2-6-18-9-21)19-15(22)11-4-5-14(17)13(16)7-11/h4-5,7-10,12H,2-3,6,17H2,1H3,(H,18,21)(H,19,22). The summed E-state index contributed by atoms with van der Waals surface area (Å²) in [6.07, 6.45) is 2.68. The molecule has 0 bridgehead atoms. The molecule has 1 aromatic carbocycles. The van der Waals surface area contributed by atoms with Crippen LogP contribution in [0.4, 0.5) is 5.69 Å². The minimum atomic E-state index is -0.322. The first-order chi connectivity index (χ1) is 10.5. The molecule has 0 saturated carbocycles. The molecule has 4 N–H and O–H groups in total. The number of hydrogen-bond acceptors (Lipinski definition) is 4. The van der Waals surface area contributed by atoms with Crippen LogP contribution in [0.5, 0.6) is 0 Å². The molecular weight excluding hydrogens is 306 g/mol. The first kappa shape index (κ1) is 18.0. The van der Waals surface area contributed by atoms with E-state index >= 15 is 0 Å². The van der Waals surface area contributed by atoms with Crippen molar-refractivity contribution in [3.63, 3.8) is 0 Å². The van der Waals surface area contributed by atoms with Crippen LogP contribution >= 0.6 is 11.6 Å². The fourth-order valence-electron chi connectivity index (χ4n) is 2.00. The van der Waals surface area contributed by atoms with Gasteiger partial charge in [-0.3, -0.25) is 9.59 Å². The topological polar surface area (TPSA) is 101 Å². The second-order valence-electron chi connectivity index (χ2n) is 5.01. The van der Waals surface area contributed by atoms with E-state index < -0.39 is 0 Å². The van der Waals surface area contributed by atoms with Gasteiger partial charge in [-0.1, -0.05) is 11.6 Å². The predicted molar refractivity (Wildman–Crippen MR) is 85.6 cm³/mol. The van der Waals surface area contributed by atoms with Crippen LogP contribution in [0.2, 0.25) is 5.02 Å². The van der Waals surface area contributed by atoms with Crippen molar-refractivity contribution in [3.05, 3.63) is 28.8 Å². The lowest BCUT2D eigenvalue weighted by atomic mass is 9.97. The Kier molecular flexibility index (Phi) is 7.39. The van der Waals surface area contributed by atoms with Crippen molar-refractivity contribution in [2.45, 2.75) is 25.8 Å². The first-order valence-corrected chi connectivity index (χ1v) is 7.35. The van der Waals surface area contributed by atoms with Gasteiger partial charge >= 0.3 is 0 Å². The van der Waals surface area contributed by atoms with Gasteiger partial charge < -0.3 is 21.2 Å². The summed E-state index contributed by atoms with van der Waals surface area (Å²) in [6.45, 7) is 2.27. The Hall–Kier alpha value is -2.08. The van der Waals surface area contributed by atoms with Crippen LogP contribution in [0.1, 0.15) is 30.1 Å². The molecule has 6 nitrogen and oxygen atoms in total. The lowest BCUT2D eigenvalue weighted by Gasteiger charge is -2.20. The van der Waals surface area contributed by atoms with Gasteiger partial charge in [0, 0.05) is 24.1 Å². The minimum Gasteiger partial charge on any atom is -0.398 e. The zero-order chi connectivity index (χ0) is 16.5. The third-order valence-electron chi connectivity index (χ3n) is 3.38. The quantitative estimate of drug-likeness (QED) is 0.362. The van der Waals surface area contributed by atoms with Crippen molar-refractivity contribution in [3.8, 4) is 0 Å². The fraction of sp³-hybridized carbons (Fsp3) is 0.400. The van der Waals surface area contributed by atoms with Crippen LogP contribution in [0.3, 0.4) is 0 Å². The van der Waals surface area contributed by atoms with Gasteiger partial charge in [0.05, 0.1) is 10.7 Å². The average Bonchev–Trinajstić information content (AvgIpc) is 2.49. The fourth-order valence-corrected chi connectivity index (χ4v) is 2.18. The predicted octanol–water partition coefficient (Wildman–Crippen LogP) is 1.38. The Bertz CT molecular complexity index is 537. The van der Waals surface area contributed by atoms with Gasteiger partial charge in [-0.25, -0.2) is 0 Å². The molecule has 0 fully saturated rings. The zero-order valence-electron chi connectivity index (χ0n) is 12.3. The molecule has 0 saturated heterocycles. The molecule has 1 rings (SSSR count). The zero-order valence-corrected chi connectivity index (χ0v) is 13.1. The van der Waals surface area contributed by atoms with E-state index in [0.29, 0.717) is 42.1 Å². The van der Waals surface area contributed by atoms with Gasteiger partial charge in [0.15, 0.2) is 0 Å². The summed E-state index contributed by atoms with van der Waals surface area (Å²) in [7, 11) is 0. The Morgan fingerprint density at radius 2 is 2.14 bits per heavy atom. The first-order valence-electron chi connectivity index (χ1n) is 6.97. The van der Waals surface area contributed by atoms with Crippen LogP contribution in [-0.2, 0) is 9.59 Å². The van der Waals surface area contributed by atoms with Crippen LogP contribution < -0.4 is 16.4 Å². The lowest BCUT2D eigenvalue weighted by Crippen LogP contribution is -2.39. The number of hydrogen-bond donors (Lipinski definition) is 3. The number of rotatable bonds is 9. The normalized spacial score (nSPS) is 13.0. The number of aldehydes is 1. The number of carbonyl (C=O) groups excluding carboxylic acids is 3. The monoisotopic (exact) mass is 325 g/mol. The molecule has 7 heteroatoms. The number of halogens is 1. The van der Waals surface area contributed by atoms with Crippen LogP contribution in [-0.4, -0.2) is 31.2 Å². The summed E-state index contributed by atoms with van der Waals surface area (Å²) >= 11 is 5.89. The number of nitrogens with one attached hydrogen (secondary N) is 2. The van der Waals surface area contributed by atoms with E-state index in [1.807, 2.05) is 0 Å². The Balaban J connectivity index is 2.58. The van der Waals surface area contributed by atoms with E-state index in [2.05, 4.69) is 10.6 Å². The van der Waals surface area contributed by atoms with Crippen LogP contribution in [0.15, 0.2) is 18.2 Å². The van der Waals surface area contributed by atoms with Gasteiger partial charge in [-0.15, -0.1) is 0 Å². The highest BCUT2D eigenvalue weighted by Crippen LogP contribution is 2.20. The number of benzene rings is 1. The molecule has 0 aliphatic rings. The van der Waals surface area contributed by atoms with Crippen molar-refractivity contribution in [1.29, 1.82) is 0 Å². The van der Waals surface area contributed by atoms with Crippen molar-refractivity contribution >= 4 is 35.9 Å². The maximum atomic E-state index is 12.1. The SMILES string of the molecule is CC(NC(=O)c1ccc(N)c(Cl)c1)C(C=O)CCCNC=O. The van der Waals surface area contributed by atoms with Gasteiger partial charge in [-0.2, -0.15) is 0 Å². The summed E-state index contributed by atoms with van der Waals surface area (Å²) < 4.78 is 0. The van der Waals surface area contributed by atoms with E-state index in [9.17, 15) is 14.4 Å². The number of nitrogens with two attached hydrogens (primary N) is 1. The van der Waals surface area contributed by atoms with Gasteiger partial charge in [0.2, 0.25) is 6.41 Å². The van der Waals surface area contributed by atoms with Crippen LogP contribution in [0, 0.1) is 5.92 Å². The average molecular weight is 326 g/mol. The number of amides is 2. The maximum absolute atomic E-state index is 12.1. The maximum Gasteiger partial charge on any atom is 0.251 e. The summed E-state index contributed by atoms with van der Waals surface area (Å²) in [4.78, 5) is 33.4. The van der Waals surface area contributed by atoms with Crippen molar-refractivity contribution < 1.29 is 14.4 Å². The third-order valence-corrected chi connectivity index (χ3v) is 3.71. The molecule has 22 heavy (non-hydrogen) atoms. The van der Waals surface area contributed by atoms with Crippen molar-refractivity contribution in [2.75, 3.05) is 12.3 Å². The van der Waals surface area contributed by atoms with Gasteiger partial charge in [0.1, 0.15) is 6.29 Å². The molecule has 0 heterocycles. The molecular formula is C15H20ClN3O3. The smallest absolute Gasteiger partial charge is 0.251 e. The van der Waals surface area contributed by atoms with E-state index in [1.54, 1.807) is 19.1 Å². The second-order valence-corrected chi connectivity index (χ2v) is 5.42. The van der Waals surface area contributed by atoms with Gasteiger partial charge in [-0.05, 0) is 38.0 Å². The third kappa shape index (κ3) is 5.37. The highest BCUT2D eigenvalue weighted by atomic mass is 35.5. The Morgan fingerprint density at radius 1 is 1.41 bits per heavy atom. The second kappa shape index (κ2) is 9.04. The molecule has 0 aromatic heterocycles. The van der Waals surface area contributed by atoms with E-state index in [4.69, 9.17) is 17.3 Å². The molecule has 1 aromatic rings. The summed E-state index contributed by atoms with van der Waals surface area (Å²) in [5.74, 6) is -0.631. The van der Waals surface area contributed by atoms with Crippen molar-refractivity contribution in [1.82, 2.24) is 10.6 Å². The molecule has 0 spiro atoms. The molecule has 2 unspecified atom stereocenters. The van der Waals surface area contributed by atoms with Gasteiger partial charge in [0.25, 0.3) is 5.91 Å². The summed E-state index contributed by atoms with van der Waals surface area (Å²) in [5, 5.41) is 5.62. The van der Waals surface area contributed by atoms with E-state index in [0.717, 1.165) is 6.29 Å². The highest BCUT2D eigenvalue weighted by molar-refractivity contribution is 6.33. The van der Waals surface area contributed by atoms with Crippen molar-refractivity contribution in [2.24, 2.45) is 5.92 Å². The van der Waals surface area contributed by atoms with E-state index in [1.165, 1.54) is 6.07 Å². The molecule has 0 aliphatic heterocycles. The molecule has 2 atom stereocenters. The van der Waals surface area contributed by atoms with Crippen LogP contribution in [0.25, 0.3) is 0 Å². The summed E-state index contributed by atoms with van der Waals surface area (Å²) in [6, 6.07) is 4.30. The Labute approximate surface area is 134 Å². The minimum absolute atomic E-state index is 0.312. The number of carbonyl (C=O) groups is 3. The largest absolute Gasteiger partial charge is 0.398 e. The summed E-state index contributed by atoms with van der Waals surface area (Å²) in [5.41, 5.74) is 6.39. The molecule has 120 valence electrons. The molecule has 2 amide bonds. The van der Waals surface area contributed by atoms with E-state index in [-0.39, 0.29) is 17.9 Å².